The topological polar surface area (TPSA) is 34.9 Å². The van der Waals surface area contributed by atoms with Crippen molar-refractivity contribution in [1.82, 2.24) is 9.78 Å². The van der Waals surface area contributed by atoms with E-state index in [9.17, 15) is 4.79 Å². The van der Waals surface area contributed by atoms with Crippen molar-refractivity contribution in [1.29, 1.82) is 0 Å². The van der Waals surface area contributed by atoms with Gasteiger partial charge in [0, 0.05) is 12.6 Å². The lowest BCUT2D eigenvalue weighted by Crippen LogP contribution is -2.05. The Labute approximate surface area is 123 Å². The van der Waals surface area contributed by atoms with Gasteiger partial charge in [-0.3, -0.25) is 4.79 Å². The molecule has 0 unspecified atom stereocenters. The van der Waals surface area contributed by atoms with Crippen molar-refractivity contribution in [3.8, 4) is 5.69 Å². The third-order valence-corrected chi connectivity index (χ3v) is 3.38. The highest BCUT2D eigenvalue weighted by Crippen LogP contribution is 2.10. The average Bonchev–Trinajstić information content (AvgIpc) is 3.00. The van der Waals surface area contributed by atoms with Crippen molar-refractivity contribution in [2.24, 2.45) is 0 Å². The molecule has 3 nitrogen and oxygen atoms in total. The van der Waals surface area contributed by atoms with E-state index in [1.54, 1.807) is 10.7 Å². The molecule has 0 aliphatic heterocycles. The van der Waals surface area contributed by atoms with Crippen LogP contribution in [0.25, 0.3) is 5.69 Å². The Hall–Kier alpha value is -2.68. The lowest BCUT2D eigenvalue weighted by Gasteiger charge is -2.01. The molecule has 0 N–H and O–H groups in total. The zero-order valence-corrected chi connectivity index (χ0v) is 11.9. The molecule has 0 amide bonds. The molecule has 0 spiro atoms. The van der Waals surface area contributed by atoms with Crippen LogP contribution in [0.4, 0.5) is 0 Å². The fraction of sp³-hybridized carbons (Fsp3) is 0.111. The molecule has 2 aromatic carbocycles. The summed E-state index contributed by atoms with van der Waals surface area (Å²) in [7, 11) is 0. The fourth-order valence-electron chi connectivity index (χ4n) is 2.18. The minimum absolute atomic E-state index is 0.0357. The van der Waals surface area contributed by atoms with E-state index in [0.29, 0.717) is 12.1 Å². The standard InChI is InChI=1S/C18H16N2O/c1-14-7-9-15(10-8-14)13-18(21)17-11-12-20(19-17)16-5-3-2-4-6-16/h2-12H,13H2,1H3. The second-order valence-corrected chi connectivity index (χ2v) is 5.07. The third-order valence-electron chi connectivity index (χ3n) is 3.38. The van der Waals surface area contributed by atoms with Crippen molar-refractivity contribution in [3.05, 3.63) is 83.7 Å². The first kappa shape index (κ1) is 13.3. The minimum atomic E-state index is 0.0357. The molecule has 21 heavy (non-hydrogen) atoms. The maximum absolute atomic E-state index is 12.3. The summed E-state index contributed by atoms with van der Waals surface area (Å²) in [5.41, 5.74) is 3.66. The summed E-state index contributed by atoms with van der Waals surface area (Å²) >= 11 is 0. The summed E-state index contributed by atoms with van der Waals surface area (Å²) in [5, 5.41) is 4.36. The van der Waals surface area contributed by atoms with Gasteiger partial charge in [-0.1, -0.05) is 48.0 Å². The second kappa shape index (κ2) is 5.75. The van der Waals surface area contributed by atoms with E-state index in [1.807, 2.05) is 67.7 Å². The maximum atomic E-state index is 12.3. The van der Waals surface area contributed by atoms with Crippen LogP contribution in [-0.4, -0.2) is 15.6 Å². The predicted octanol–water partition coefficient (Wildman–Crippen LogP) is 3.61. The molecule has 104 valence electrons. The molecule has 3 aromatic rings. The zero-order chi connectivity index (χ0) is 14.7. The van der Waals surface area contributed by atoms with Crippen molar-refractivity contribution >= 4 is 5.78 Å². The molecular weight excluding hydrogens is 260 g/mol. The Morgan fingerprint density at radius 3 is 2.43 bits per heavy atom. The summed E-state index contributed by atoms with van der Waals surface area (Å²) < 4.78 is 1.72. The number of benzene rings is 2. The Bertz CT molecular complexity index is 742. The van der Waals surface area contributed by atoms with Crippen LogP contribution in [0.3, 0.4) is 0 Å². The van der Waals surface area contributed by atoms with Gasteiger partial charge in [-0.15, -0.1) is 0 Å². The Morgan fingerprint density at radius 2 is 1.71 bits per heavy atom. The average molecular weight is 276 g/mol. The second-order valence-electron chi connectivity index (χ2n) is 5.07. The molecule has 0 aliphatic rings. The van der Waals surface area contributed by atoms with Crippen molar-refractivity contribution in [2.45, 2.75) is 13.3 Å². The van der Waals surface area contributed by atoms with Crippen molar-refractivity contribution in [3.63, 3.8) is 0 Å². The van der Waals surface area contributed by atoms with E-state index in [4.69, 9.17) is 0 Å². The van der Waals surface area contributed by atoms with Gasteiger partial charge in [0.05, 0.1) is 5.69 Å². The summed E-state index contributed by atoms with van der Waals surface area (Å²) in [6, 6.07) is 19.6. The molecule has 0 saturated heterocycles. The van der Waals surface area contributed by atoms with Crippen LogP contribution in [0.2, 0.25) is 0 Å². The van der Waals surface area contributed by atoms with Gasteiger partial charge in [-0.2, -0.15) is 5.10 Å². The quantitative estimate of drug-likeness (QED) is 0.682. The molecule has 1 heterocycles. The number of nitrogens with zero attached hydrogens (tertiary/aromatic N) is 2. The zero-order valence-electron chi connectivity index (χ0n) is 11.9. The molecule has 3 heteroatoms. The monoisotopic (exact) mass is 276 g/mol. The molecule has 0 radical (unpaired) electrons. The van der Waals surface area contributed by atoms with Gasteiger partial charge in [0.25, 0.3) is 0 Å². The summed E-state index contributed by atoms with van der Waals surface area (Å²) in [4.78, 5) is 12.3. The number of aryl methyl sites for hydroxylation is 1. The van der Waals surface area contributed by atoms with E-state index in [0.717, 1.165) is 11.3 Å². The lowest BCUT2D eigenvalue weighted by atomic mass is 10.1. The number of rotatable bonds is 4. The molecular formula is C18H16N2O. The van der Waals surface area contributed by atoms with Crippen LogP contribution >= 0.6 is 0 Å². The van der Waals surface area contributed by atoms with Gasteiger partial charge in [-0.05, 0) is 30.7 Å². The minimum Gasteiger partial charge on any atom is -0.292 e. The van der Waals surface area contributed by atoms with Crippen LogP contribution < -0.4 is 0 Å². The number of carbonyl (C=O) groups excluding carboxylic acids is 1. The Balaban J connectivity index is 1.77. The fourth-order valence-corrected chi connectivity index (χ4v) is 2.18. The van der Waals surface area contributed by atoms with E-state index in [-0.39, 0.29) is 5.78 Å². The highest BCUT2D eigenvalue weighted by Gasteiger charge is 2.11. The Morgan fingerprint density at radius 1 is 1.00 bits per heavy atom. The largest absolute Gasteiger partial charge is 0.292 e. The Kier molecular flexibility index (Phi) is 3.65. The van der Waals surface area contributed by atoms with Gasteiger partial charge in [0.2, 0.25) is 0 Å². The molecule has 0 atom stereocenters. The molecule has 0 saturated carbocycles. The van der Waals surface area contributed by atoms with E-state index in [2.05, 4.69) is 5.10 Å². The molecule has 0 aliphatic carbocycles. The first-order valence-corrected chi connectivity index (χ1v) is 6.92. The predicted molar refractivity (Wildman–Crippen MR) is 82.8 cm³/mol. The van der Waals surface area contributed by atoms with E-state index < -0.39 is 0 Å². The number of hydrogen-bond donors (Lipinski definition) is 0. The summed E-state index contributed by atoms with van der Waals surface area (Å²) in [6.45, 7) is 2.03. The van der Waals surface area contributed by atoms with Gasteiger partial charge in [-0.25, -0.2) is 4.68 Å². The highest BCUT2D eigenvalue weighted by atomic mass is 16.1. The smallest absolute Gasteiger partial charge is 0.187 e. The third kappa shape index (κ3) is 3.08. The molecule has 0 fully saturated rings. The number of ketones is 1. The molecule has 0 bridgehead atoms. The van der Waals surface area contributed by atoms with Gasteiger partial charge in [0.1, 0.15) is 5.69 Å². The van der Waals surface area contributed by atoms with Crippen LogP contribution in [0.15, 0.2) is 66.9 Å². The van der Waals surface area contributed by atoms with Crippen LogP contribution in [0, 0.1) is 6.92 Å². The SMILES string of the molecule is Cc1ccc(CC(=O)c2ccn(-c3ccccc3)n2)cc1. The number of para-hydroxylation sites is 1. The first-order chi connectivity index (χ1) is 10.2. The van der Waals surface area contributed by atoms with Gasteiger partial charge < -0.3 is 0 Å². The van der Waals surface area contributed by atoms with Crippen molar-refractivity contribution in [2.75, 3.05) is 0 Å². The first-order valence-electron chi connectivity index (χ1n) is 6.92. The number of aromatic nitrogens is 2. The summed E-state index contributed by atoms with van der Waals surface area (Å²) in [5.74, 6) is 0.0357. The van der Waals surface area contributed by atoms with E-state index in [1.165, 1.54) is 5.56 Å². The number of Topliss-reactive ketones (excluding diaryl/α,β-unsaturated/α-hetero) is 1. The van der Waals surface area contributed by atoms with Gasteiger partial charge in [0.15, 0.2) is 5.78 Å². The lowest BCUT2D eigenvalue weighted by molar-refractivity contribution is 0.0988. The number of hydrogen-bond acceptors (Lipinski definition) is 2. The molecule has 3 rings (SSSR count). The highest BCUT2D eigenvalue weighted by molar-refractivity contribution is 5.95. The normalized spacial score (nSPS) is 10.5. The number of carbonyl (C=O) groups is 1. The summed E-state index contributed by atoms with van der Waals surface area (Å²) in [6.07, 6.45) is 2.20. The van der Waals surface area contributed by atoms with E-state index >= 15 is 0 Å². The van der Waals surface area contributed by atoms with Crippen molar-refractivity contribution < 1.29 is 4.79 Å². The maximum Gasteiger partial charge on any atom is 0.187 e. The van der Waals surface area contributed by atoms with Gasteiger partial charge >= 0.3 is 0 Å². The molecule has 1 aromatic heterocycles. The van der Waals surface area contributed by atoms with Crippen LogP contribution in [-0.2, 0) is 6.42 Å². The van der Waals surface area contributed by atoms with Crippen LogP contribution in [0.1, 0.15) is 21.6 Å². The van der Waals surface area contributed by atoms with Crippen LogP contribution in [0.5, 0.6) is 0 Å².